The van der Waals surface area contributed by atoms with E-state index in [9.17, 15) is 4.79 Å². The monoisotopic (exact) mass is 374 g/mol. The second-order valence-electron chi connectivity index (χ2n) is 5.85. The van der Waals surface area contributed by atoms with Crippen LogP contribution in [0.5, 0.6) is 17.2 Å². The third-order valence-corrected chi connectivity index (χ3v) is 4.05. The maximum Gasteiger partial charge on any atom is 0.335 e. The highest BCUT2D eigenvalue weighted by Crippen LogP contribution is 2.41. The number of esters is 1. The first-order valence-corrected chi connectivity index (χ1v) is 8.49. The molecule has 7 heteroatoms. The number of carbonyl (C=O) groups excluding carboxylic acids is 1. The van der Waals surface area contributed by atoms with E-state index in [0.29, 0.717) is 28.5 Å². The summed E-state index contributed by atoms with van der Waals surface area (Å²) in [7, 11) is 6.55. The van der Waals surface area contributed by atoms with Gasteiger partial charge in [0.2, 0.25) is 5.75 Å². The number of benzene rings is 1. The highest BCUT2D eigenvalue weighted by atomic mass is 16.5. The van der Waals surface area contributed by atoms with Crippen LogP contribution in [-0.2, 0) is 16.6 Å². The molecule has 1 heterocycles. The number of hydrogen-bond donors (Lipinski definition) is 1. The summed E-state index contributed by atoms with van der Waals surface area (Å²) < 4.78 is 23.2. The van der Waals surface area contributed by atoms with E-state index in [1.54, 1.807) is 40.4 Å². The van der Waals surface area contributed by atoms with E-state index in [-0.39, 0.29) is 6.61 Å². The Morgan fingerprint density at radius 2 is 1.81 bits per heavy atom. The standard InChI is InChI=1S/C20H26N2O5/c1-7-27-20(23)13(2)18(14-8-9-22(3)12-14)21-15-10-16(24-4)19(26-6)17(11-15)25-5/h8-12,18,21H,2,7H2,1,3-6H3/t18-/m1/s1. The summed E-state index contributed by atoms with van der Waals surface area (Å²) in [5, 5.41) is 3.32. The summed E-state index contributed by atoms with van der Waals surface area (Å²) >= 11 is 0. The minimum absolute atomic E-state index is 0.281. The summed E-state index contributed by atoms with van der Waals surface area (Å²) in [6, 6.07) is 4.99. The van der Waals surface area contributed by atoms with Crippen LogP contribution in [0, 0.1) is 0 Å². The van der Waals surface area contributed by atoms with Gasteiger partial charge in [0.1, 0.15) is 0 Å². The molecule has 0 unspecified atom stereocenters. The Morgan fingerprint density at radius 3 is 2.26 bits per heavy atom. The van der Waals surface area contributed by atoms with Gasteiger partial charge in [0.25, 0.3) is 0 Å². The predicted octanol–water partition coefficient (Wildman–Crippen LogP) is 3.32. The molecule has 0 radical (unpaired) electrons. The number of nitrogens with one attached hydrogen (secondary N) is 1. The van der Waals surface area contributed by atoms with Crippen LogP contribution in [0.1, 0.15) is 18.5 Å². The third-order valence-electron chi connectivity index (χ3n) is 4.05. The molecule has 0 saturated heterocycles. The molecule has 27 heavy (non-hydrogen) atoms. The van der Waals surface area contributed by atoms with Crippen LogP contribution in [0.3, 0.4) is 0 Å². The molecule has 1 N–H and O–H groups in total. The second kappa shape index (κ2) is 9.02. The van der Waals surface area contributed by atoms with Gasteiger partial charge in [-0.15, -0.1) is 0 Å². The number of aryl methyl sites for hydroxylation is 1. The van der Waals surface area contributed by atoms with Crippen molar-refractivity contribution in [3.05, 3.63) is 48.3 Å². The van der Waals surface area contributed by atoms with Crippen LogP contribution < -0.4 is 19.5 Å². The Bertz CT molecular complexity index is 787. The molecule has 1 aromatic heterocycles. The van der Waals surface area contributed by atoms with Crippen molar-refractivity contribution < 1.29 is 23.7 Å². The smallest absolute Gasteiger partial charge is 0.335 e. The highest BCUT2D eigenvalue weighted by Gasteiger charge is 2.24. The molecule has 7 nitrogen and oxygen atoms in total. The molecular formula is C20H26N2O5. The van der Waals surface area contributed by atoms with Gasteiger partial charge in [-0.25, -0.2) is 4.79 Å². The summed E-state index contributed by atoms with van der Waals surface area (Å²) in [6.07, 6.45) is 3.82. The Balaban J connectivity index is 2.43. The molecule has 0 saturated carbocycles. The Labute approximate surface area is 159 Å². The maximum absolute atomic E-state index is 12.3. The SMILES string of the molecule is C=C(C(=O)OCC)[C@@H](Nc1cc(OC)c(OC)c(OC)c1)c1ccn(C)c1. The largest absolute Gasteiger partial charge is 0.493 e. The van der Waals surface area contributed by atoms with Crippen molar-refractivity contribution in [2.45, 2.75) is 13.0 Å². The second-order valence-corrected chi connectivity index (χ2v) is 5.85. The molecule has 146 valence electrons. The van der Waals surface area contributed by atoms with Crippen molar-refractivity contribution >= 4 is 11.7 Å². The molecule has 0 aliphatic heterocycles. The normalized spacial score (nSPS) is 11.4. The lowest BCUT2D eigenvalue weighted by Crippen LogP contribution is -2.20. The van der Waals surface area contributed by atoms with Gasteiger partial charge in [-0.05, 0) is 18.6 Å². The molecule has 0 aliphatic carbocycles. The lowest BCUT2D eigenvalue weighted by atomic mass is 10.0. The third kappa shape index (κ3) is 4.55. The molecule has 0 amide bonds. The number of nitrogens with zero attached hydrogens (tertiary/aromatic N) is 1. The van der Waals surface area contributed by atoms with Crippen LogP contribution >= 0.6 is 0 Å². The van der Waals surface area contributed by atoms with Gasteiger partial charge in [-0.3, -0.25) is 0 Å². The van der Waals surface area contributed by atoms with Gasteiger partial charge < -0.3 is 28.8 Å². The molecular weight excluding hydrogens is 348 g/mol. The maximum atomic E-state index is 12.3. The van der Waals surface area contributed by atoms with Gasteiger partial charge in [0, 0.05) is 37.3 Å². The number of carbonyl (C=O) groups is 1. The fourth-order valence-electron chi connectivity index (χ4n) is 2.74. The van der Waals surface area contributed by atoms with Gasteiger partial charge >= 0.3 is 5.97 Å². The molecule has 1 atom stereocenters. The van der Waals surface area contributed by atoms with E-state index in [4.69, 9.17) is 18.9 Å². The van der Waals surface area contributed by atoms with Gasteiger partial charge in [-0.2, -0.15) is 0 Å². The summed E-state index contributed by atoms with van der Waals surface area (Å²) in [5.41, 5.74) is 1.87. The highest BCUT2D eigenvalue weighted by molar-refractivity contribution is 5.90. The molecule has 1 aromatic carbocycles. The van der Waals surface area contributed by atoms with Crippen LogP contribution in [0.25, 0.3) is 0 Å². The number of methoxy groups -OCH3 is 3. The first kappa shape index (κ1) is 20.2. The van der Waals surface area contributed by atoms with Crippen molar-refractivity contribution in [1.82, 2.24) is 4.57 Å². The first-order valence-electron chi connectivity index (χ1n) is 8.49. The minimum atomic E-state index is -0.479. The van der Waals surface area contributed by atoms with Crippen molar-refractivity contribution in [3.63, 3.8) is 0 Å². The molecule has 0 spiro atoms. The number of rotatable bonds is 9. The Hall–Kier alpha value is -3.09. The fraction of sp³-hybridized carbons (Fsp3) is 0.350. The van der Waals surface area contributed by atoms with Crippen LogP contribution in [0.15, 0.2) is 42.7 Å². The molecule has 0 fully saturated rings. The van der Waals surface area contributed by atoms with E-state index < -0.39 is 12.0 Å². The number of anilines is 1. The molecule has 2 aromatic rings. The number of ether oxygens (including phenoxy) is 4. The van der Waals surface area contributed by atoms with E-state index in [0.717, 1.165) is 5.56 Å². The topological polar surface area (TPSA) is 71.0 Å². The van der Waals surface area contributed by atoms with Crippen molar-refractivity contribution in [3.8, 4) is 17.2 Å². The van der Waals surface area contributed by atoms with Gasteiger partial charge in [-0.1, -0.05) is 6.58 Å². The zero-order valence-corrected chi connectivity index (χ0v) is 16.4. The lowest BCUT2D eigenvalue weighted by molar-refractivity contribution is -0.138. The van der Waals surface area contributed by atoms with Crippen molar-refractivity contribution in [2.75, 3.05) is 33.3 Å². The summed E-state index contributed by atoms with van der Waals surface area (Å²) in [4.78, 5) is 12.3. The summed E-state index contributed by atoms with van der Waals surface area (Å²) in [5.74, 6) is 1.05. The van der Waals surface area contributed by atoms with E-state index in [2.05, 4.69) is 11.9 Å². The Kier molecular flexibility index (Phi) is 6.76. The quantitative estimate of drug-likeness (QED) is 0.536. The first-order chi connectivity index (χ1) is 12.9. The molecule has 2 rings (SSSR count). The summed E-state index contributed by atoms with van der Waals surface area (Å²) in [6.45, 7) is 5.98. The van der Waals surface area contributed by atoms with Crippen molar-refractivity contribution in [1.29, 1.82) is 0 Å². The Morgan fingerprint density at radius 1 is 1.19 bits per heavy atom. The van der Waals surface area contributed by atoms with Gasteiger partial charge in [0.05, 0.1) is 39.6 Å². The zero-order valence-electron chi connectivity index (χ0n) is 16.4. The van der Waals surface area contributed by atoms with Crippen LogP contribution in [-0.4, -0.2) is 38.5 Å². The predicted molar refractivity (Wildman–Crippen MR) is 104 cm³/mol. The van der Waals surface area contributed by atoms with Crippen LogP contribution in [0.2, 0.25) is 0 Å². The average Bonchev–Trinajstić information content (AvgIpc) is 3.10. The molecule has 0 bridgehead atoms. The van der Waals surface area contributed by atoms with Gasteiger partial charge in [0.15, 0.2) is 11.5 Å². The van der Waals surface area contributed by atoms with Crippen LogP contribution in [0.4, 0.5) is 5.69 Å². The van der Waals surface area contributed by atoms with Crippen molar-refractivity contribution in [2.24, 2.45) is 7.05 Å². The van der Waals surface area contributed by atoms with E-state index >= 15 is 0 Å². The number of aromatic nitrogens is 1. The van der Waals surface area contributed by atoms with E-state index in [1.807, 2.05) is 30.1 Å². The lowest BCUT2D eigenvalue weighted by Gasteiger charge is -2.22. The minimum Gasteiger partial charge on any atom is -0.493 e. The molecule has 0 aliphatic rings. The van der Waals surface area contributed by atoms with E-state index in [1.165, 1.54) is 0 Å². The average molecular weight is 374 g/mol. The number of hydrogen-bond acceptors (Lipinski definition) is 6. The fourth-order valence-corrected chi connectivity index (χ4v) is 2.74. The zero-order chi connectivity index (χ0) is 20.0.